The molecule has 1 heterocycles. The maximum absolute atomic E-state index is 13.8. The third-order valence-electron chi connectivity index (χ3n) is 6.78. The molecule has 1 unspecified atom stereocenters. The predicted octanol–water partition coefficient (Wildman–Crippen LogP) is 5.55. The minimum Gasteiger partial charge on any atom is -0.385 e. The fraction of sp³-hybridized carbons (Fsp3) is 0.300. The molecule has 4 rings (SSSR count). The Balaban J connectivity index is 1.91. The molecule has 0 saturated heterocycles. The molecule has 186 valence electrons. The minimum atomic E-state index is -0.465. The van der Waals surface area contributed by atoms with Crippen molar-refractivity contribution in [2.24, 2.45) is 0 Å². The number of carbonyl (C=O) groups is 1. The number of benzene rings is 3. The molecule has 3 aromatic carbocycles. The van der Waals surface area contributed by atoms with Gasteiger partial charge in [0, 0.05) is 25.8 Å². The van der Waals surface area contributed by atoms with Gasteiger partial charge in [0.15, 0.2) is 0 Å². The number of carbonyl (C=O) groups excluding carboxylic acids is 1. The van der Waals surface area contributed by atoms with Gasteiger partial charge in [0.2, 0.25) is 0 Å². The average Bonchev–Trinajstić information content (AvgIpc) is 2.88. The summed E-state index contributed by atoms with van der Waals surface area (Å²) >= 11 is 0. The van der Waals surface area contributed by atoms with E-state index in [2.05, 4.69) is 0 Å². The fourth-order valence-electron chi connectivity index (χ4n) is 4.50. The van der Waals surface area contributed by atoms with Gasteiger partial charge in [0.1, 0.15) is 5.82 Å². The molecular weight excluding hydrogens is 450 g/mol. The topological polar surface area (TPSA) is 64.4 Å². The van der Waals surface area contributed by atoms with E-state index in [0.29, 0.717) is 41.9 Å². The molecule has 1 aromatic heterocycles. The number of fused-ring (bicyclic) bond motifs is 1. The van der Waals surface area contributed by atoms with E-state index in [1.165, 1.54) is 0 Å². The molecule has 0 aliphatic carbocycles. The summed E-state index contributed by atoms with van der Waals surface area (Å²) in [7, 11) is 1.65. The van der Waals surface area contributed by atoms with Crippen LogP contribution in [0.5, 0.6) is 0 Å². The number of para-hydroxylation sites is 1. The highest BCUT2D eigenvalue weighted by Gasteiger charge is 2.28. The van der Waals surface area contributed by atoms with Gasteiger partial charge in [-0.15, -0.1) is 0 Å². The van der Waals surface area contributed by atoms with E-state index in [4.69, 9.17) is 9.72 Å². The third kappa shape index (κ3) is 4.95. The lowest BCUT2D eigenvalue weighted by molar-refractivity contribution is 0.0657. The van der Waals surface area contributed by atoms with Crippen molar-refractivity contribution in [1.82, 2.24) is 14.5 Å². The van der Waals surface area contributed by atoms with Crippen molar-refractivity contribution in [3.63, 3.8) is 0 Å². The van der Waals surface area contributed by atoms with Gasteiger partial charge in [-0.2, -0.15) is 0 Å². The van der Waals surface area contributed by atoms with Gasteiger partial charge >= 0.3 is 0 Å². The largest absolute Gasteiger partial charge is 0.385 e. The van der Waals surface area contributed by atoms with Crippen molar-refractivity contribution >= 4 is 16.8 Å². The van der Waals surface area contributed by atoms with Crippen LogP contribution in [0.4, 0.5) is 0 Å². The van der Waals surface area contributed by atoms with Crippen molar-refractivity contribution < 1.29 is 9.53 Å². The smallest absolute Gasteiger partial charge is 0.266 e. The summed E-state index contributed by atoms with van der Waals surface area (Å²) in [6, 6.07) is 20.4. The maximum atomic E-state index is 13.8. The quantitative estimate of drug-likeness (QED) is 0.308. The van der Waals surface area contributed by atoms with Gasteiger partial charge in [-0.25, -0.2) is 4.98 Å². The lowest BCUT2D eigenvalue weighted by atomic mass is 10.1. The Morgan fingerprint density at radius 3 is 2.42 bits per heavy atom. The number of aryl methyl sites for hydroxylation is 3. The van der Waals surface area contributed by atoms with E-state index in [0.717, 1.165) is 22.4 Å². The molecule has 0 bridgehead atoms. The number of nitrogens with zero attached hydrogens (tertiary/aromatic N) is 3. The zero-order valence-electron chi connectivity index (χ0n) is 21.6. The summed E-state index contributed by atoms with van der Waals surface area (Å²) in [6.45, 7) is 8.95. The van der Waals surface area contributed by atoms with Crippen LogP contribution in [-0.2, 0) is 4.74 Å². The first kappa shape index (κ1) is 25.3. The molecule has 4 aromatic rings. The van der Waals surface area contributed by atoms with E-state index in [-0.39, 0.29) is 11.5 Å². The predicted molar refractivity (Wildman–Crippen MR) is 144 cm³/mol. The van der Waals surface area contributed by atoms with Gasteiger partial charge in [0.05, 0.1) is 22.6 Å². The standard InChI is InChI=1S/C30H33N3O3/c1-20-15-16-24(19-22(20)3)33-28(31-27-14-9-8-13-26(27)30(33)35)23(4)32(17-10-18-36-5)29(34)25-12-7-6-11-21(25)2/h6-9,11-16,19,23H,10,17-18H2,1-5H3. The van der Waals surface area contributed by atoms with Crippen LogP contribution in [0.3, 0.4) is 0 Å². The van der Waals surface area contributed by atoms with E-state index >= 15 is 0 Å². The van der Waals surface area contributed by atoms with Crippen molar-refractivity contribution in [2.45, 2.75) is 40.2 Å². The lowest BCUT2D eigenvalue weighted by Crippen LogP contribution is -2.38. The van der Waals surface area contributed by atoms with Crippen LogP contribution in [0.15, 0.2) is 71.5 Å². The van der Waals surface area contributed by atoms with Crippen LogP contribution >= 0.6 is 0 Å². The van der Waals surface area contributed by atoms with Crippen LogP contribution < -0.4 is 5.56 Å². The van der Waals surface area contributed by atoms with Crippen molar-refractivity contribution in [1.29, 1.82) is 0 Å². The molecule has 0 aliphatic rings. The first-order valence-corrected chi connectivity index (χ1v) is 12.3. The Kier molecular flexibility index (Phi) is 7.65. The molecule has 1 amide bonds. The molecule has 0 spiro atoms. The second kappa shape index (κ2) is 10.9. The highest BCUT2D eigenvalue weighted by molar-refractivity contribution is 5.96. The average molecular weight is 484 g/mol. The lowest BCUT2D eigenvalue weighted by Gasteiger charge is -2.31. The van der Waals surface area contributed by atoms with E-state index in [9.17, 15) is 9.59 Å². The van der Waals surface area contributed by atoms with E-state index < -0.39 is 6.04 Å². The minimum absolute atomic E-state index is 0.0919. The summed E-state index contributed by atoms with van der Waals surface area (Å²) in [5.41, 5.74) is 4.98. The Morgan fingerprint density at radius 2 is 1.69 bits per heavy atom. The zero-order chi connectivity index (χ0) is 25.8. The first-order chi connectivity index (χ1) is 17.3. The van der Waals surface area contributed by atoms with Crippen LogP contribution in [-0.4, -0.2) is 40.6 Å². The van der Waals surface area contributed by atoms with Gasteiger partial charge in [-0.3, -0.25) is 14.2 Å². The second-order valence-electron chi connectivity index (χ2n) is 9.23. The van der Waals surface area contributed by atoms with Crippen LogP contribution in [0.1, 0.15) is 52.3 Å². The zero-order valence-corrected chi connectivity index (χ0v) is 21.6. The molecule has 0 saturated carbocycles. The maximum Gasteiger partial charge on any atom is 0.266 e. The van der Waals surface area contributed by atoms with Crippen molar-refractivity contribution in [3.05, 3.63) is 105 Å². The number of aromatic nitrogens is 2. The molecule has 36 heavy (non-hydrogen) atoms. The van der Waals surface area contributed by atoms with Gasteiger partial charge < -0.3 is 9.64 Å². The number of hydrogen-bond donors (Lipinski definition) is 0. The van der Waals surface area contributed by atoms with Crippen molar-refractivity contribution in [2.75, 3.05) is 20.3 Å². The summed E-state index contributed by atoms with van der Waals surface area (Å²) in [6.07, 6.45) is 0.667. The van der Waals surface area contributed by atoms with Gasteiger partial charge in [0.25, 0.3) is 11.5 Å². The van der Waals surface area contributed by atoms with Gasteiger partial charge in [-0.1, -0.05) is 36.4 Å². The molecule has 0 radical (unpaired) electrons. The Morgan fingerprint density at radius 1 is 0.972 bits per heavy atom. The number of ether oxygens (including phenoxy) is 1. The Labute approximate surface area is 212 Å². The molecule has 6 nitrogen and oxygen atoms in total. The number of rotatable bonds is 8. The van der Waals surface area contributed by atoms with E-state index in [1.54, 1.807) is 22.6 Å². The molecule has 6 heteroatoms. The van der Waals surface area contributed by atoms with Crippen LogP contribution in [0.2, 0.25) is 0 Å². The Bertz CT molecular complexity index is 1460. The normalized spacial score (nSPS) is 12.0. The monoisotopic (exact) mass is 483 g/mol. The molecule has 0 fully saturated rings. The Hall–Kier alpha value is -3.77. The van der Waals surface area contributed by atoms with Crippen LogP contribution in [0, 0.1) is 20.8 Å². The number of methoxy groups -OCH3 is 1. The summed E-state index contributed by atoms with van der Waals surface area (Å²) in [4.78, 5) is 34.4. The molecule has 1 atom stereocenters. The SMILES string of the molecule is COCCCN(C(=O)c1ccccc1C)C(C)c1nc2ccccc2c(=O)n1-c1ccc(C)c(C)c1. The highest BCUT2D eigenvalue weighted by atomic mass is 16.5. The summed E-state index contributed by atoms with van der Waals surface area (Å²) in [5.74, 6) is 0.437. The van der Waals surface area contributed by atoms with E-state index in [1.807, 2.05) is 88.4 Å². The molecule has 0 N–H and O–H groups in total. The fourth-order valence-corrected chi connectivity index (χ4v) is 4.50. The summed E-state index contributed by atoms with van der Waals surface area (Å²) in [5, 5.41) is 0.544. The number of amides is 1. The third-order valence-corrected chi connectivity index (χ3v) is 6.78. The van der Waals surface area contributed by atoms with Crippen molar-refractivity contribution in [3.8, 4) is 5.69 Å². The van der Waals surface area contributed by atoms with Crippen LogP contribution in [0.25, 0.3) is 16.6 Å². The van der Waals surface area contributed by atoms with Gasteiger partial charge in [-0.05, 0) is 81.1 Å². The summed E-state index contributed by atoms with van der Waals surface area (Å²) < 4.78 is 6.93. The number of hydrogen-bond acceptors (Lipinski definition) is 4. The first-order valence-electron chi connectivity index (χ1n) is 12.3. The second-order valence-corrected chi connectivity index (χ2v) is 9.23. The highest BCUT2D eigenvalue weighted by Crippen LogP contribution is 2.26. The molecule has 0 aliphatic heterocycles. The molecular formula is C30H33N3O3.